The monoisotopic (exact) mass is 431 g/mol. The molecule has 0 saturated heterocycles. The number of nitro groups is 1. The van der Waals surface area contributed by atoms with E-state index in [-0.39, 0.29) is 10.5 Å². The van der Waals surface area contributed by atoms with Gasteiger partial charge in [-0.25, -0.2) is 0 Å². The number of hydrogen-bond donors (Lipinski definition) is 1. The van der Waals surface area contributed by atoms with Crippen molar-refractivity contribution in [2.24, 2.45) is 0 Å². The highest BCUT2D eigenvalue weighted by atomic mass is 16.6. The van der Waals surface area contributed by atoms with Crippen molar-refractivity contribution in [3.8, 4) is 11.5 Å². The molecule has 0 bridgehead atoms. The van der Waals surface area contributed by atoms with Crippen LogP contribution in [0.15, 0.2) is 11.8 Å². The van der Waals surface area contributed by atoms with Crippen LogP contribution in [0, 0.1) is 30.9 Å². The minimum Gasteiger partial charge on any atom is -0.507 e. The van der Waals surface area contributed by atoms with Crippen LogP contribution in [0.4, 0.5) is 0 Å². The number of allylic oxidation sites excluding steroid dienone is 2. The van der Waals surface area contributed by atoms with Crippen LogP contribution in [-0.2, 0) is 6.42 Å². The fraction of sp³-hybridized carbons (Fsp3) is 0.692. The molecule has 0 saturated carbocycles. The Bertz CT molecular complexity index is 799. The number of ether oxygens (including phenoxy) is 1. The predicted octanol–water partition coefficient (Wildman–Crippen LogP) is 7.48. The summed E-state index contributed by atoms with van der Waals surface area (Å²) in [5.74, 6) is 1.36. The Kier molecular flexibility index (Phi) is 9.39. The Labute approximate surface area is 188 Å². The van der Waals surface area contributed by atoms with Gasteiger partial charge in [-0.3, -0.25) is 10.1 Å². The van der Waals surface area contributed by atoms with Crippen LogP contribution in [0.3, 0.4) is 0 Å². The average molecular weight is 432 g/mol. The lowest BCUT2D eigenvalue weighted by molar-refractivity contribution is -0.428. The van der Waals surface area contributed by atoms with E-state index >= 15 is 0 Å². The van der Waals surface area contributed by atoms with Crippen LogP contribution in [0.2, 0.25) is 0 Å². The molecule has 0 spiro atoms. The molecule has 1 aliphatic heterocycles. The molecule has 1 unspecified atom stereocenters. The number of hydrogen-bond acceptors (Lipinski definition) is 4. The molecule has 1 aromatic carbocycles. The van der Waals surface area contributed by atoms with Gasteiger partial charge in [0.2, 0.25) is 5.70 Å². The van der Waals surface area contributed by atoms with Gasteiger partial charge >= 0.3 is 0 Å². The molecule has 0 radical (unpaired) electrons. The number of benzene rings is 1. The molecule has 1 N–H and O–H groups in total. The molecule has 1 heterocycles. The van der Waals surface area contributed by atoms with E-state index < -0.39 is 0 Å². The number of unbranched alkanes of at least 4 members (excludes halogenated alkanes) is 6. The molecule has 0 fully saturated rings. The second-order valence-corrected chi connectivity index (χ2v) is 9.45. The first-order chi connectivity index (χ1) is 14.7. The zero-order chi connectivity index (χ0) is 23.0. The lowest BCUT2D eigenvalue weighted by Gasteiger charge is -2.38. The van der Waals surface area contributed by atoms with Crippen LogP contribution in [-0.4, -0.2) is 15.6 Å². The summed E-state index contributed by atoms with van der Waals surface area (Å²) in [5, 5.41) is 21.6. The summed E-state index contributed by atoms with van der Waals surface area (Å²) in [7, 11) is 0. The van der Waals surface area contributed by atoms with Gasteiger partial charge in [0.15, 0.2) is 0 Å². The van der Waals surface area contributed by atoms with Crippen LogP contribution >= 0.6 is 0 Å². The second kappa shape index (κ2) is 11.5. The third-order valence-electron chi connectivity index (χ3n) is 6.90. The standard InChI is InChI=1S/C26H41NO4/c1-6-7-8-11-14-22(27(29)30)15-12-9-10-13-17-26(5)18-16-23-21(4)24(28)19(2)20(3)25(23)31-26/h14,28H,6-13,15-18H2,1-5H3/b22-14-. The topological polar surface area (TPSA) is 72.6 Å². The molecule has 5 nitrogen and oxygen atoms in total. The van der Waals surface area contributed by atoms with Gasteiger partial charge in [0.1, 0.15) is 17.1 Å². The number of rotatable bonds is 12. The van der Waals surface area contributed by atoms with Crippen molar-refractivity contribution in [2.45, 2.75) is 117 Å². The minimum absolute atomic E-state index is 0.182. The zero-order valence-corrected chi connectivity index (χ0v) is 20.2. The summed E-state index contributed by atoms with van der Waals surface area (Å²) >= 11 is 0. The van der Waals surface area contributed by atoms with Crippen molar-refractivity contribution in [3.63, 3.8) is 0 Å². The molecule has 2 rings (SSSR count). The minimum atomic E-state index is -0.204. The van der Waals surface area contributed by atoms with Crippen LogP contribution < -0.4 is 4.74 Å². The van der Waals surface area contributed by atoms with Gasteiger partial charge in [0.05, 0.1) is 4.92 Å². The molecule has 0 aromatic heterocycles. The summed E-state index contributed by atoms with van der Waals surface area (Å²) in [6, 6.07) is 0. The summed E-state index contributed by atoms with van der Waals surface area (Å²) in [4.78, 5) is 11.0. The maximum Gasteiger partial charge on any atom is 0.242 e. The van der Waals surface area contributed by atoms with E-state index in [0.29, 0.717) is 17.9 Å². The predicted molar refractivity (Wildman–Crippen MR) is 127 cm³/mol. The van der Waals surface area contributed by atoms with Crippen LogP contribution in [0.1, 0.15) is 107 Å². The van der Waals surface area contributed by atoms with Gasteiger partial charge < -0.3 is 9.84 Å². The molecule has 5 heteroatoms. The van der Waals surface area contributed by atoms with Crippen molar-refractivity contribution in [3.05, 3.63) is 44.1 Å². The normalized spacial score (nSPS) is 18.5. The first-order valence-electron chi connectivity index (χ1n) is 12.0. The third-order valence-corrected chi connectivity index (χ3v) is 6.90. The Balaban J connectivity index is 1.80. The fourth-order valence-corrected chi connectivity index (χ4v) is 4.56. The van der Waals surface area contributed by atoms with E-state index in [2.05, 4.69) is 13.8 Å². The zero-order valence-electron chi connectivity index (χ0n) is 20.2. The second-order valence-electron chi connectivity index (χ2n) is 9.45. The van der Waals surface area contributed by atoms with Gasteiger partial charge in [-0.2, -0.15) is 0 Å². The number of fused-ring (bicyclic) bond motifs is 1. The SMILES string of the molecule is CCCCC/C=C(/CCCCCCC1(C)CCc2c(C)c(O)c(C)c(C)c2O1)[N+](=O)[O-]. The number of nitrogens with zero attached hydrogens (tertiary/aromatic N) is 1. The Morgan fingerprint density at radius 1 is 1.10 bits per heavy atom. The summed E-state index contributed by atoms with van der Waals surface area (Å²) in [5.41, 5.74) is 4.26. The highest BCUT2D eigenvalue weighted by Crippen LogP contribution is 2.44. The smallest absolute Gasteiger partial charge is 0.242 e. The van der Waals surface area contributed by atoms with Crippen molar-refractivity contribution in [1.29, 1.82) is 0 Å². The summed E-state index contributed by atoms with van der Waals surface area (Å²) < 4.78 is 6.50. The molecule has 31 heavy (non-hydrogen) atoms. The quantitative estimate of drug-likeness (QED) is 0.211. The van der Waals surface area contributed by atoms with Crippen molar-refractivity contribution in [1.82, 2.24) is 0 Å². The van der Waals surface area contributed by atoms with E-state index in [4.69, 9.17) is 4.74 Å². The molecule has 1 atom stereocenters. The van der Waals surface area contributed by atoms with E-state index in [0.717, 1.165) is 98.6 Å². The highest BCUT2D eigenvalue weighted by molar-refractivity contribution is 5.58. The Morgan fingerprint density at radius 3 is 2.48 bits per heavy atom. The van der Waals surface area contributed by atoms with Gasteiger partial charge in [-0.05, 0) is 95.4 Å². The van der Waals surface area contributed by atoms with Gasteiger partial charge in [-0.1, -0.05) is 32.6 Å². The molecule has 1 aliphatic rings. The molecule has 0 aliphatic carbocycles. The maximum atomic E-state index is 11.2. The molecule has 0 amide bonds. The Hall–Kier alpha value is -2.04. The molecular weight excluding hydrogens is 390 g/mol. The third kappa shape index (κ3) is 6.72. The van der Waals surface area contributed by atoms with Crippen molar-refractivity contribution in [2.75, 3.05) is 0 Å². The number of aromatic hydroxyl groups is 1. The first kappa shape index (κ1) is 25.2. The lowest BCUT2D eigenvalue weighted by Crippen LogP contribution is -2.37. The summed E-state index contributed by atoms with van der Waals surface area (Å²) in [6.45, 7) is 10.3. The van der Waals surface area contributed by atoms with Crippen LogP contribution in [0.5, 0.6) is 11.5 Å². The average Bonchev–Trinajstić information content (AvgIpc) is 2.74. The largest absolute Gasteiger partial charge is 0.507 e. The number of phenols is 1. The van der Waals surface area contributed by atoms with E-state index in [1.54, 1.807) is 0 Å². The first-order valence-corrected chi connectivity index (χ1v) is 12.0. The molecular formula is C26H41NO4. The lowest BCUT2D eigenvalue weighted by atomic mass is 9.84. The van der Waals surface area contributed by atoms with Crippen molar-refractivity contribution >= 4 is 0 Å². The van der Waals surface area contributed by atoms with Crippen LogP contribution in [0.25, 0.3) is 0 Å². The molecule has 1 aromatic rings. The van der Waals surface area contributed by atoms with E-state index in [1.807, 2.05) is 26.8 Å². The van der Waals surface area contributed by atoms with Crippen molar-refractivity contribution < 1.29 is 14.8 Å². The summed E-state index contributed by atoms with van der Waals surface area (Å²) in [6.07, 6.45) is 13.4. The van der Waals surface area contributed by atoms with Gasteiger partial charge in [-0.15, -0.1) is 0 Å². The highest BCUT2D eigenvalue weighted by Gasteiger charge is 2.34. The number of phenolic OH excluding ortho intramolecular Hbond substituents is 1. The fourth-order valence-electron chi connectivity index (χ4n) is 4.56. The van der Waals surface area contributed by atoms with E-state index in [9.17, 15) is 15.2 Å². The van der Waals surface area contributed by atoms with Gasteiger partial charge in [0, 0.05) is 12.0 Å². The van der Waals surface area contributed by atoms with E-state index in [1.165, 1.54) is 0 Å². The molecule has 174 valence electrons. The Morgan fingerprint density at radius 2 is 1.81 bits per heavy atom. The maximum absolute atomic E-state index is 11.2. The van der Waals surface area contributed by atoms with Gasteiger partial charge in [0.25, 0.3) is 0 Å².